The number of hydrogen-bond donors (Lipinski definition) is 1. The van der Waals surface area contributed by atoms with Gasteiger partial charge in [0.2, 0.25) is 5.88 Å². The van der Waals surface area contributed by atoms with E-state index in [9.17, 15) is 9.90 Å². The van der Waals surface area contributed by atoms with Gasteiger partial charge in [0.05, 0.1) is 56.8 Å². The summed E-state index contributed by atoms with van der Waals surface area (Å²) in [5.74, 6) is 0.297. The zero-order chi connectivity index (χ0) is 46.9. The van der Waals surface area contributed by atoms with Gasteiger partial charge in [-0.1, -0.05) is 24.3 Å². The third kappa shape index (κ3) is 8.55. The van der Waals surface area contributed by atoms with Gasteiger partial charge in [0.25, 0.3) is 0 Å². The van der Waals surface area contributed by atoms with E-state index in [1.807, 2.05) is 29.2 Å². The molecule has 5 aromatic rings. The van der Waals surface area contributed by atoms with Crippen LogP contribution in [0.1, 0.15) is 75.8 Å². The molecule has 350 valence electrons. The number of aryl methyl sites for hydroxylation is 1. The molecule has 2 aromatic carbocycles. The lowest BCUT2D eigenvalue weighted by Crippen LogP contribution is -2.65. The van der Waals surface area contributed by atoms with Crippen molar-refractivity contribution in [2.75, 3.05) is 43.8 Å². The summed E-state index contributed by atoms with van der Waals surface area (Å²) in [5, 5.41) is 10.2. The molecule has 18 heteroatoms. The molecule has 1 N–H and O–H groups in total. The smallest absolute Gasteiger partial charge is 0.418 e. The van der Waals surface area contributed by atoms with Crippen LogP contribution < -0.4 is 28.7 Å². The van der Waals surface area contributed by atoms with E-state index >= 15 is 17.6 Å². The summed E-state index contributed by atoms with van der Waals surface area (Å²) >= 11 is 0. The van der Waals surface area contributed by atoms with Crippen LogP contribution in [0.3, 0.4) is 0 Å². The maximum atomic E-state index is 17.8. The zero-order valence-electron chi connectivity index (χ0n) is 37.9. The van der Waals surface area contributed by atoms with Crippen molar-refractivity contribution in [2.24, 2.45) is 5.41 Å². The first kappa shape index (κ1) is 45.0. The van der Waals surface area contributed by atoms with Gasteiger partial charge in [-0.3, -0.25) is 4.90 Å². The van der Waals surface area contributed by atoms with Gasteiger partial charge < -0.3 is 38.6 Å². The number of aliphatic hydroxyl groups excluding tert-OH is 1. The summed E-state index contributed by atoms with van der Waals surface area (Å²) in [5.41, 5.74) is -2.78. The van der Waals surface area contributed by atoms with Crippen molar-refractivity contribution in [3.8, 4) is 34.6 Å². The number of rotatable bonds is 12. The SMILES string of the molecule is COc1ccc(CN(Cc2ccc(OC)cc2)c2cc(-c3nc4c5c(nc(OCC6(CO)CC6)nc5c3F)N3C[C@H]5CC[C@@H]([C@H]3[C@H](C)O4)N5C(=O)OC(C)(C)C)c(C(F)(F)F)c(C)n2)cc1. The molecule has 14 nitrogen and oxygen atoms in total. The standard InChI is InChI=1S/C48H53F4N7O7/c1-26-37(48(50,51)52)33(20-35(53-26)57(21-28-8-13-31(62-6)14-9-28)22-29-10-15-32(63-7)16-11-29)39-38(49)40-36-42(56-44(55-40)64-25-47(24-60)18-19-47)58-23-30-12-17-34(41(58)27(2)65-43(36)54-39)59(30)45(61)66-46(3,4)5/h8-11,13-16,20,27,30,34,41,60H,12,17-19,21-25H2,1-7H3/t27-,30+,34-,41+/m0/s1. The number of aliphatic hydroxyl groups is 1. The number of ether oxygens (including phenoxy) is 5. The Bertz CT molecular complexity index is 2590. The number of methoxy groups -OCH3 is 2. The first-order chi connectivity index (χ1) is 31.4. The Morgan fingerprint density at radius 1 is 0.939 bits per heavy atom. The van der Waals surface area contributed by atoms with Crippen molar-refractivity contribution in [2.45, 2.75) is 109 Å². The molecule has 1 amide bonds. The maximum Gasteiger partial charge on any atom is 0.418 e. The van der Waals surface area contributed by atoms with Gasteiger partial charge in [0.1, 0.15) is 51.4 Å². The Morgan fingerprint density at radius 2 is 1.58 bits per heavy atom. The molecule has 3 fully saturated rings. The highest BCUT2D eigenvalue weighted by atomic mass is 19.4. The average Bonchev–Trinajstić information content (AvgIpc) is 4.01. The van der Waals surface area contributed by atoms with Crippen molar-refractivity contribution >= 4 is 28.6 Å². The second-order valence-electron chi connectivity index (χ2n) is 18.8. The Morgan fingerprint density at radius 3 is 2.14 bits per heavy atom. The van der Waals surface area contributed by atoms with Crippen molar-refractivity contribution < 1.29 is 51.1 Å². The predicted molar refractivity (Wildman–Crippen MR) is 236 cm³/mol. The summed E-state index contributed by atoms with van der Waals surface area (Å²) in [6.45, 7) is 9.02. The molecule has 4 atom stereocenters. The van der Waals surface area contributed by atoms with Gasteiger partial charge in [-0.15, -0.1) is 0 Å². The van der Waals surface area contributed by atoms with E-state index in [1.54, 1.807) is 76.0 Å². The second-order valence-corrected chi connectivity index (χ2v) is 18.8. The molecule has 2 bridgehead atoms. The summed E-state index contributed by atoms with van der Waals surface area (Å²) < 4.78 is 93.4. The van der Waals surface area contributed by atoms with E-state index in [-0.39, 0.29) is 73.3 Å². The van der Waals surface area contributed by atoms with Crippen LogP contribution in [0.2, 0.25) is 0 Å². The van der Waals surface area contributed by atoms with Gasteiger partial charge in [0.15, 0.2) is 5.82 Å². The topological polar surface area (TPSA) is 145 Å². The van der Waals surface area contributed by atoms with E-state index < -0.39 is 69.8 Å². The van der Waals surface area contributed by atoms with Crippen molar-refractivity contribution in [3.05, 3.63) is 82.8 Å². The molecule has 9 rings (SSSR count). The Balaban J connectivity index is 1.21. The third-order valence-electron chi connectivity index (χ3n) is 13.0. The quantitative estimate of drug-likeness (QED) is 0.119. The summed E-state index contributed by atoms with van der Waals surface area (Å²) in [6, 6.07) is 14.3. The lowest BCUT2D eigenvalue weighted by Gasteiger charge is -2.48. The number of pyridine rings is 2. The number of amides is 1. The number of piperazine rings is 1. The van der Waals surface area contributed by atoms with Gasteiger partial charge in [-0.25, -0.2) is 19.2 Å². The van der Waals surface area contributed by atoms with Gasteiger partial charge >= 0.3 is 18.3 Å². The van der Waals surface area contributed by atoms with E-state index in [0.717, 1.165) is 11.1 Å². The van der Waals surface area contributed by atoms with E-state index in [4.69, 9.17) is 28.7 Å². The third-order valence-corrected chi connectivity index (χ3v) is 13.0. The number of fused-ring (bicyclic) bond motifs is 5. The Hall–Kier alpha value is -6.17. The number of benzene rings is 2. The molecular formula is C48H53F4N7O7. The number of hydrogen-bond acceptors (Lipinski definition) is 13. The van der Waals surface area contributed by atoms with E-state index in [2.05, 4.69) is 15.0 Å². The fourth-order valence-corrected chi connectivity index (χ4v) is 9.49. The van der Waals surface area contributed by atoms with Crippen LogP contribution in [0.5, 0.6) is 23.4 Å². The molecule has 4 aliphatic rings. The number of nitrogens with zero attached hydrogens (tertiary/aromatic N) is 7. The predicted octanol–water partition coefficient (Wildman–Crippen LogP) is 8.67. The maximum absolute atomic E-state index is 17.8. The molecule has 0 unspecified atom stereocenters. The minimum Gasteiger partial charge on any atom is -0.497 e. The molecular weight excluding hydrogens is 863 g/mol. The first-order valence-electron chi connectivity index (χ1n) is 22.1. The van der Waals surface area contributed by atoms with E-state index in [1.165, 1.54) is 13.0 Å². The molecule has 0 spiro atoms. The van der Waals surface area contributed by atoms with Crippen molar-refractivity contribution in [1.82, 2.24) is 24.8 Å². The normalized spacial score (nSPS) is 20.6. The summed E-state index contributed by atoms with van der Waals surface area (Å²) in [6.07, 6.45) is -3.52. The fraction of sp³-hybridized carbons (Fsp3) is 0.479. The lowest BCUT2D eigenvalue weighted by molar-refractivity contribution is -0.137. The van der Waals surface area contributed by atoms with Crippen LogP contribution >= 0.6 is 0 Å². The van der Waals surface area contributed by atoms with Crippen LogP contribution in [-0.4, -0.2) is 99.8 Å². The van der Waals surface area contributed by atoms with Crippen LogP contribution in [-0.2, 0) is 24.0 Å². The second kappa shape index (κ2) is 16.9. The largest absolute Gasteiger partial charge is 0.497 e. The number of alkyl halides is 3. The zero-order valence-corrected chi connectivity index (χ0v) is 37.9. The molecule has 1 saturated carbocycles. The van der Waals surface area contributed by atoms with Gasteiger partial charge in [-0.05, 0) is 102 Å². The molecule has 66 heavy (non-hydrogen) atoms. The van der Waals surface area contributed by atoms with Crippen LogP contribution in [0.4, 0.5) is 34.0 Å². The Labute approximate surface area is 379 Å². The number of anilines is 2. The van der Waals surface area contributed by atoms with E-state index in [0.29, 0.717) is 37.2 Å². The van der Waals surface area contributed by atoms with Crippen LogP contribution in [0.25, 0.3) is 22.2 Å². The molecule has 2 saturated heterocycles. The fourth-order valence-electron chi connectivity index (χ4n) is 9.49. The minimum absolute atomic E-state index is 0.0399. The number of carbonyl (C=O) groups excluding carboxylic acids is 1. The lowest BCUT2D eigenvalue weighted by atomic mass is 9.98. The highest BCUT2D eigenvalue weighted by Gasteiger charge is 2.54. The Kier molecular flexibility index (Phi) is 11.5. The number of aromatic nitrogens is 4. The van der Waals surface area contributed by atoms with Gasteiger partial charge in [-0.2, -0.15) is 23.1 Å². The van der Waals surface area contributed by atoms with Crippen LogP contribution in [0.15, 0.2) is 54.6 Å². The van der Waals surface area contributed by atoms with Crippen molar-refractivity contribution in [1.29, 1.82) is 0 Å². The monoisotopic (exact) mass is 915 g/mol. The molecule has 0 radical (unpaired) electrons. The average molecular weight is 916 g/mol. The highest BCUT2D eigenvalue weighted by molar-refractivity contribution is 5.98. The summed E-state index contributed by atoms with van der Waals surface area (Å²) in [7, 11) is 3.11. The first-order valence-corrected chi connectivity index (χ1v) is 22.1. The van der Waals surface area contributed by atoms with Crippen LogP contribution in [0, 0.1) is 18.2 Å². The highest BCUT2D eigenvalue weighted by Crippen LogP contribution is 2.49. The molecule has 3 aliphatic heterocycles. The minimum atomic E-state index is -4.99. The molecule has 6 heterocycles. The summed E-state index contributed by atoms with van der Waals surface area (Å²) in [4.78, 5) is 37.8. The number of halogens is 4. The van der Waals surface area contributed by atoms with Crippen molar-refractivity contribution in [3.63, 3.8) is 0 Å². The van der Waals surface area contributed by atoms with Gasteiger partial charge in [0, 0.05) is 30.6 Å². The molecule has 3 aromatic heterocycles. The number of carbonyl (C=O) groups is 1. The molecule has 1 aliphatic carbocycles.